The molecule has 1 aliphatic heterocycles. The van der Waals surface area contributed by atoms with E-state index in [1.165, 1.54) is 0 Å². The fraction of sp³-hybridized carbons (Fsp3) is 0.467. The first kappa shape index (κ1) is 14.9. The minimum Gasteiger partial charge on any atom is -0.356 e. The Bertz CT molecular complexity index is 529. The second kappa shape index (κ2) is 6.31. The lowest BCUT2D eigenvalue weighted by Gasteiger charge is -2.22. The molecule has 0 aliphatic carbocycles. The van der Waals surface area contributed by atoms with Gasteiger partial charge in [-0.15, -0.1) is 11.8 Å². The quantitative estimate of drug-likeness (QED) is 0.896. The average Bonchev–Trinajstić information content (AvgIpc) is 2.40. The van der Waals surface area contributed by atoms with Crippen molar-refractivity contribution < 1.29 is 9.59 Å². The van der Waals surface area contributed by atoms with E-state index in [4.69, 9.17) is 0 Å². The van der Waals surface area contributed by atoms with Crippen LogP contribution in [0, 0.1) is 5.92 Å². The molecule has 108 valence electrons. The highest BCUT2D eigenvalue weighted by atomic mass is 32.2. The van der Waals surface area contributed by atoms with E-state index in [1.807, 2.05) is 32.9 Å². The van der Waals surface area contributed by atoms with Gasteiger partial charge in [-0.3, -0.25) is 9.59 Å². The summed E-state index contributed by atoms with van der Waals surface area (Å²) in [5.41, 5.74) is 1.99. The van der Waals surface area contributed by atoms with Crippen LogP contribution >= 0.6 is 11.8 Å². The summed E-state index contributed by atoms with van der Waals surface area (Å²) < 4.78 is 0. The van der Waals surface area contributed by atoms with E-state index >= 15 is 0 Å². The number of amides is 2. The number of benzene rings is 1. The van der Waals surface area contributed by atoms with E-state index in [9.17, 15) is 9.59 Å². The van der Waals surface area contributed by atoms with Gasteiger partial charge in [-0.25, -0.2) is 0 Å². The van der Waals surface area contributed by atoms with Crippen molar-refractivity contribution in [3.05, 3.63) is 23.8 Å². The monoisotopic (exact) mass is 292 g/mol. The van der Waals surface area contributed by atoms with Crippen LogP contribution in [0.5, 0.6) is 0 Å². The van der Waals surface area contributed by atoms with Crippen LogP contribution < -0.4 is 10.6 Å². The van der Waals surface area contributed by atoms with Gasteiger partial charge in [0.1, 0.15) is 0 Å². The number of rotatable bonds is 4. The standard InChI is InChI=1S/C15H20N2O2S/c1-9(2)14(18)16-7-6-11-4-5-13-12(8-11)17-15(19)10(3)20-13/h4-5,8-10H,6-7H2,1-3H3,(H,16,18)(H,17,19). The molecule has 5 heteroatoms. The van der Waals surface area contributed by atoms with Crippen LogP contribution in [0.3, 0.4) is 0 Å². The van der Waals surface area contributed by atoms with Crippen molar-refractivity contribution in [3.8, 4) is 0 Å². The van der Waals surface area contributed by atoms with E-state index in [0.717, 1.165) is 22.6 Å². The lowest BCUT2D eigenvalue weighted by molar-refractivity contribution is -0.124. The van der Waals surface area contributed by atoms with E-state index in [1.54, 1.807) is 11.8 Å². The normalized spacial score (nSPS) is 17.6. The van der Waals surface area contributed by atoms with Crippen LogP contribution in [-0.4, -0.2) is 23.6 Å². The van der Waals surface area contributed by atoms with Crippen LogP contribution in [0.2, 0.25) is 0 Å². The minimum atomic E-state index is -0.0429. The zero-order valence-corrected chi connectivity index (χ0v) is 12.8. The summed E-state index contributed by atoms with van der Waals surface area (Å²) in [5, 5.41) is 5.77. The molecule has 0 spiro atoms. The van der Waals surface area contributed by atoms with Crippen molar-refractivity contribution in [3.63, 3.8) is 0 Å². The number of fused-ring (bicyclic) bond motifs is 1. The van der Waals surface area contributed by atoms with Crippen molar-refractivity contribution in [2.75, 3.05) is 11.9 Å². The molecule has 20 heavy (non-hydrogen) atoms. The van der Waals surface area contributed by atoms with Crippen LogP contribution in [0.15, 0.2) is 23.1 Å². The minimum absolute atomic E-state index is 0.00992. The molecule has 2 rings (SSSR count). The molecule has 1 heterocycles. The fourth-order valence-electron chi connectivity index (χ4n) is 1.95. The summed E-state index contributed by atoms with van der Waals surface area (Å²) in [6, 6.07) is 6.08. The Hall–Kier alpha value is -1.49. The number of thioether (sulfide) groups is 1. The third-order valence-corrected chi connectivity index (χ3v) is 4.39. The Balaban J connectivity index is 1.96. The van der Waals surface area contributed by atoms with Crippen molar-refractivity contribution in [2.24, 2.45) is 5.92 Å². The summed E-state index contributed by atoms with van der Waals surface area (Å²) >= 11 is 1.58. The second-order valence-electron chi connectivity index (χ2n) is 5.28. The SMILES string of the molecule is CC(C)C(=O)NCCc1ccc2c(c1)NC(=O)C(C)S2. The molecule has 0 fully saturated rings. The van der Waals surface area contributed by atoms with Gasteiger partial charge >= 0.3 is 0 Å². The average molecular weight is 292 g/mol. The Morgan fingerprint density at radius 3 is 2.90 bits per heavy atom. The highest BCUT2D eigenvalue weighted by Gasteiger charge is 2.22. The van der Waals surface area contributed by atoms with Gasteiger partial charge in [-0.05, 0) is 31.0 Å². The van der Waals surface area contributed by atoms with Gasteiger partial charge in [-0.1, -0.05) is 19.9 Å². The third-order valence-electron chi connectivity index (χ3n) is 3.21. The summed E-state index contributed by atoms with van der Waals surface area (Å²) in [7, 11) is 0. The zero-order valence-electron chi connectivity index (χ0n) is 12.0. The van der Waals surface area contributed by atoms with Gasteiger partial charge in [0.05, 0.1) is 10.9 Å². The largest absolute Gasteiger partial charge is 0.356 e. The molecule has 1 aliphatic rings. The van der Waals surface area contributed by atoms with E-state index in [0.29, 0.717) is 6.54 Å². The highest BCUT2D eigenvalue weighted by molar-refractivity contribution is 8.00. The number of anilines is 1. The van der Waals surface area contributed by atoms with Gasteiger partial charge in [0.25, 0.3) is 0 Å². The first-order valence-electron chi connectivity index (χ1n) is 6.85. The van der Waals surface area contributed by atoms with Crippen LogP contribution in [0.4, 0.5) is 5.69 Å². The molecular weight excluding hydrogens is 272 g/mol. The maximum absolute atomic E-state index is 11.7. The summed E-state index contributed by atoms with van der Waals surface area (Å²) in [6.07, 6.45) is 0.766. The number of nitrogens with one attached hydrogen (secondary N) is 2. The fourth-order valence-corrected chi connectivity index (χ4v) is 2.88. The lowest BCUT2D eigenvalue weighted by atomic mass is 10.1. The van der Waals surface area contributed by atoms with Crippen molar-refractivity contribution >= 4 is 29.3 Å². The summed E-state index contributed by atoms with van der Waals surface area (Å²) in [5.74, 6) is 0.129. The smallest absolute Gasteiger partial charge is 0.237 e. The van der Waals surface area contributed by atoms with Crippen LogP contribution in [-0.2, 0) is 16.0 Å². The summed E-state index contributed by atoms with van der Waals surface area (Å²) in [6.45, 7) is 6.27. The van der Waals surface area contributed by atoms with Crippen molar-refractivity contribution in [2.45, 2.75) is 37.3 Å². The Morgan fingerprint density at radius 2 is 2.20 bits per heavy atom. The topological polar surface area (TPSA) is 58.2 Å². The molecule has 0 radical (unpaired) electrons. The number of hydrogen-bond donors (Lipinski definition) is 2. The molecule has 0 bridgehead atoms. The molecule has 1 atom stereocenters. The van der Waals surface area contributed by atoms with Gasteiger partial charge in [0, 0.05) is 17.4 Å². The molecular formula is C15H20N2O2S. The molecule has 4 nitrogen and oxygen atoms in total. The molecule has 1 aromatic carbocycles. The number of carbonyl (C=O) groups is 2. The van der Waals surface area contributed by atoms with E-state index in [-0.39, 0.29) is 23.0 Å². The van der Waals surface area contributed by atoms with Crippen molar-refractivity contribution in [1.82, 2.24) is 5.32 Å². The molecule has 0 aromatic heterocycles. The van der Waals surface area contributed by atoms with Crippen LogP contribution in [0.25, 0.3) is 0 Å². The maximum atomic E-state index is 11.7. The highest BCUT2D eigenvalue weighted by Crippen LogP contribution is 2.35. The molecule has 2 amide bonds. The van der Waals surface area contributed by atoms with E-state index < -0.39 is 0 Å². The maximum Gasteiger partial charge on any atom is 0.237 e. The van der Waals surface area contributed by atoms with Crippen molar-refractivity contribution in [1.29, 1.82) is 0 Å². The lowest BCUT2D eigenvalue weighted by Crippen LogP contribution is -2.29. The van der Waals surface area contributed by atoms with Gasteiger partial charge in [-0.2, -0.15) is 0 Å². The zero-order chi connectivity index (χ0) is 14.7. The van der Waals surface area contributed by atoms with E-state index in [2.05, 4.69) is 16.7 Å². The Labute approximate surface area is 123 Å². The predicted octanol–water partition coefficient (Wildman–Crippen LogP) is 2.43. The molecule has 2 N–H and O–H groups in total. The Morgan fingerprint density at radius 1 is 1.45 bits per heavy atom. The Kier molecular flexibility index (Phi) is 4.70. The first-order valence-corrected chi connectivity index (χ1v) is 7.73. The number of carbonyl (C=O) groups excluding carboxylic acids is 2. The van der Waals surface area contributed by atoms with Crippen LogP contribution in [0.1, 0.15) is 26.3 Å². The molecule has 1 unspecified atom stereocenters. The molecule has 1 aromatic rings. The molecule has 0 saturated heterocycles. The molecule has 0 saturated carbocycles. The second-order valence-corrected chi connectivity index (χ2v) is 6.66. The number of hydrogen-bond acceptors (Lipinski definition) is 3. The van der Waals surface area contributed by atoms with Gasteiger partial charge in [0.15, 0.2) is 0 Å². The third kappa shape index (κ3) is 3.54. The van der Waals surface area contributed by atoms with Gasteiger partial charge in [0.2, 0.25) is 11.8 Å². The first-order chi connectivity index (χ1) is 9.47. The van der Waals surface area contributed by atoms with Gasteiger partial charge < -0.3 is 10.6 Å². The summed E-state index contributed by atoms with van der Waals surface area (Å²) in [4.78, 5) is 24.2. The predicted molar refractivity (Wildman–Crippen MR) is 81.9 cm³/mol.